The number of carbonyl (C=O) groups excluding carboxylic acids is 1. The van der Waals surface area contributed by atoms with Gasteiger partial charge < -0.3 is 9.84 Å². The Morgan fingerprint density at radius 2 is 2.35 bits per heavy atom. The smallest absolute Gasteiger partial charge is 0.186 e. The van der Waals surface area contributed by atoms with Gasteiger partial charge in [0.2, 0.25) is 0 Å². The molecule has 1 rings (SSSR count). The van der Waals surface area contributed by atoms with Crippen molar-refractivity contribution < 1.29 is 14.6 Å². The molecule has 0 aromatic carbocycles. The van der Waals surface area contributed by atoms with Gasteiger partial charge in [-0.1, -0.05) is 0 Å². The van der Waals surface area contributed by atoms with E-state index >= 15 is 0 Å². The topological polar surface area (TPSA) is 49.8 Å². The average molecular weight is 322 g/mol. The van der Waals surface area contributed by atoms with Crippen LogP contribution in [-0.2, 0) is 4.74 Å². The number of thiophene rings is 1. The second-order valence-electron chi connectivity index (χ2n) is 3.83. The molecule has 0 aliphatic heterocycles. The molecule has 1 N–H and O–H groups in total. The van der Waals surface area contributed by atoms with Gasteiger partial charge >= 0.3 is 0 Å². The van der Waals surface area contributed by atoms with E-state index in [0.29, 0.717) is 13.1 Å². The molecule has 4 nitrogen and oxygen atoms in total. The molecule has 17 heavy (non-hydrogen) atoms. The maximum Gasteiger partial charge on any atom is 0.186 e. The first-order valence-corrected chi connectivity index (χ1v) is 6.78. The Hall–Kier alpha value is -0.270. The fourth-order valence-corrected chi connectivity index (χ4v) is 2.77. The number of Topliss-reactive ketones (excluding diaryl/α,β-unsaturated/α-hetero) is 1. The third kappa shape index (κ3) is 5.27. The molecular weight excluding hydrogens is 306 g/mol. The maximum absolute atomic E-state index is 11.8. The molecule has 6 heteroatoms. The number of carbonyl (C=O) groups is 1. The van der Waals surface area contributed by atoms with Gasteiger partial charge in [-0.2, -0.15) is 0 Å². The van der Waals surface area contributed by atoms with Crippen molar-refractivity contribution >= 4 is 33.0 Å². The van der Waals surface area contributed by atoms with Crippen LogP contribution in [0.5, 0.6) is 0 Å². The Labute approximate surface area is 113 Å². The molecule has 0 aliphatic carbocycles. The predicted octanol–water partition coefficient (Wildman–Crippen LogP) is 1.63. The summed E-state index contributed by atoms with van der Waals surface area (Å²) in [5.74, 6) is 0.0628. The van der Waals surface area contributed by atoms with Crippen molar-refractivity contribution in [2.24, 2.45) is 0 Å². The molecule has 1 aromatic heterocycles. The molecule has 1 atom stereocenters. The van der Waals surface area contributed by atoms with Gasteiger partial charge in [-0.3, -0.25) is 9.69 Å². The van der Waals surface area contributed by atoms with Crippen molar-refractivity contribution in [1.29, 1.82) is 0 Å². The molecular formula is C11H16BrNO3S. The second kappa shape index (κ2) is 7.23. The highest BCUT2D eigenvalue weighted by Gasteiger charge is 2.14. The first-order chi connectivity index (χ1) is 8.02. The number of ketones is 1. The lowest BCUT2D eigenvalue weighted by molar-refractivity contribution is 0.0428. The number of likely N-dealkylation sites (N-methyl/N-ethyl adjacent to an activating group) is 1. The maximum atomic E-state index is 11.8. The van der Waals surface area contributed by atoms with E-state index in [2.05, 4.69) is 15.9 Å². The van der Waals surface area contributed by atoms with Crippen molar-refractivity contribution in [3.05, 3.63) is 20.8 Å². The largest absolute Gasteiger partial charge is 0.389 e. The highest BCUT2D eigenvalue weighted by molar-refractivity contribution is 9.11. The van der Waals surface area contributed by atoms with Crippen molar-refractivity contribution in [1.82, 2.24) is 4.90 Å². The van der Waals surface area contributed by atoms with Gasteiger partial charge in [0.05, 0.1) is 27.9 Å². The van der Waals surface area contributed by atoms with Gasteiger partial charge in [-0.05, 0) is 35.1 Å². The van der Waals surface area contributed by atoms with Crippen molar-refractivity contribution in [2.45, 2.75) is 6.10 Å². The molecule has 0 bridgehead atoms. The lowest BCUT2D eigenvalue weighted by atomic mass is 10.3. The number of hydrogen-bond donors (Lipinski definition) is 1. The zero-order chi connectivity index (χ0) is 12.8. The van der Waals surface area contributed by atoms with Gasteiger partial charge in [0.1, 0.15) is 0 Å². The molecule has 1 aromatic rings. The van der Waals surface area contributed by atoms with Gasteiger partial charge in [0.15, 0.2) is 5.78 Å². The number of aliphatic hydroxyl groups excluding tert-OH is 1. The number of rotatable bonds is 7. The van der Waals surface area contributed by atoms with Crippen molar-refractivity contribution in [3.8, 4) is 0 Å². The second-order valence-corrected chi connectivity index (χ2v) is 6.30. The molecule has 0 spiro atoms. The Kier molecular flexibility index (Phi) is 6.29. The van der Waals surface area contributed by atoms with E-state index in [1.807, 2.05) is 6.07 Å². The number of ether oxygens (including phenoxy) is 1. The molecule has 1 unspecified atom stereocenters. The van der Waals surface area contributed by atoms with Gasteiger partial charge in [-0.25, -0.2) is 0 Å². The minimum absolute atomic E-state index is 0.0628. The molecule has 0 saturated heterocycles. The van der Waals surface area contributed by atoms with E-state index < -0.39 is 6.10 Å². The predicted molar refractivity (Wildman–Crippen MR) is 71.7 cm³/mol. The first-order valence-electron chi connectivity index (χ1n) is 5.17. The van der Waals surface area contributed by atoms with E-state index in [9.17, 15) is 9.90 Å². The third-order valence-corrected chi connectivity index (χ3v) is 3.81. The van der Waals surface area contributed by atoms with E-state index in [0.717, 1.165) is 8.66 Å². The van der Waals surface area contributed by atoms with Crippen molar-refractivity contribution in [2.75, 3.05) is 33.9 Å². The Morgan fingerprint density at radius 3 is 2.88 bits per heavy atom. The fraction of sp³-hybridized carbons (Fsp3) is 0.545. The Morgan fingerprint density at radius 1 is 1.65 bits per heavy atom. The highest BCUT2D eigenvalue weighted by atomic mass is 79.9. The number of hydrogen-bond acceptors (Lipinski definition) is 5. The summed E-state index contributed by atoms with van der Waals surface area (Å²) in [5, 5.41) is 9.52. The van der Waals surface area contributed by atoms with E-state index in [1.165, 1.54) is 18.4 Å². The van der Waals surface area contributed by atoms with Gasteiger partial charge in [0.25, 0.3) is 0 Å². The molecule has 0 fully saturated rings. The summed E-state index contributed by atoms with van der Waals surface area (Å²) in [4.78, 5) is 14.4. The van der Waals surface area contributed by atoms with E-state index in [4.69, 9.17) is 4.74 Å². The number of halogens is 1. The van der Waals surface area contributed by atoms with E-state index in [1.54, 1.807) is 18.0 Å². The monoisotopic (exact) mass is 321 g/mol. The number of aliphatic hydroxyl groups is 1. The summed E-state index contributed by atoms with van der Waals surface area (Å²) in [5.41, 5.74) is 0. The lowest BCUT2D eigenvalue weighted by Gasteiger charge is -2.18. The molecule has 0 saturated carbocycles. The zero-order valence-corrected chi connectivity index (χ0v) is 12.3. The summed E-state index contributed by atoms with van der Waals surface area (Å²) < 4.78 is 5.78. The summed E-state index contributed by atoms with van der Waals surface area (Å²) in [7, 11) is 3.34. The average Bonchev–Trinajstić information content (AvgIpc) is 2.64. The van der Waals surface area contributed by atoms with Crippen LogP contribution in [0.3, 0.4) is 0 Å². The Bertz CT molecular complexity index is 369. The molecule has 1 heterocycles. The molecule has 0 amide bonds. The van der Waals surface area contributed by atoms with Crippen LogP contribution in [-0.4, -0.2) is 55.7 Å². The van der Waals surface area contributed by atoms with Crippen LogP contribution in [0.1, 0.15) is 9.67 Å². The number of methoxy groups -OCH3 is 1. The van der Waals surface area contributed by atoms with Crippen LogP contribution >= 0.6 is 27.3 Å². The van der Waals surface area contributed by atoms with Crippen LogP contribution in [0, 0.1) is 0 Å². The summed E-state index contributed by atoms with van der Waals surface area (Å²) in [6.45, 7) is 1.00. The quantitative estimate of drug-likeness (QED) is 0.775. The van der Waals surface area contributed by atoms with Crippen LogP contribution in [0.25, 0.3) is 0 Å². The van der Waals surface area contributed by atoms with Crippen LogP contribution < -0.4 is 0 Å². The minimum Gasteiger partial charge on any atom is -0.389 e. The van der Waals surface area contributed by atoms with Crippen molar-refractivity contribution in [3.63, 3.8) is 0 Å². The molecule has 96 valence electrons. The minimum atomic E-state index is -0.562. The Balaban J connectivity index is 2.40. The fourth-order valence-electron chi connectivity index (χ4n) is 1.46. The first kappa shape index (κ1) is 14.8. The molecule has 0 aliphatic rings. The standard InChI is InChI=1S/C11H16BrNO3S/c1-13(5-8(14)7-16-2)6-9(15)10-3-4-11(12)17-10/h3-4,8,14H,5-7H2,1-2H3. The lowest BCUT2D eigenvalue weighted by Crippen LogP contribution is -2.35. The van der Waals surface area contributed by atoms with E-state index in [-0.39, 0.29) is 12.4 Å². The van der Waals surface area contributed by atoms with Gasteiger partial charge in [-0.15, -0.1) is 11.3 Å². The van der Waals surface area contributed by atoms with Gasteiger partial charge in [0, 0.05) is 13.7 Å². The molecule has 0 radical (unpaired) electrons. The third-order valence-electron chi connectivity index (χ3n) is 2.14. The number of nitrogens with zero attached hydrogens (tertiary/aromatic N) is 1. The summed E-state index contributed by atoms with van der Waals surface area (Å²) >= 11 is 4.74. The van der Waals surface area contributed by atoms with Crippen LogP contribution in [0.15, 0.2) is 15.9 Å². The SMILES string of the molecule is COCC(O)CN(C)CC(=O)c1ccc(Br)s1. The summed E-state index contributed by atoms with van der Waals surface area (Å²) in [6, 6.07) is 3.66. The van der Waals surface area contributed by atoms with Crippen LogP contribution in [0.2, 0.25) is 0 Å². The summed E-state index contributed by atoms with van der Waals surface area (Å²) in [6.07, 6.45) is -0.562. The highest BCUT2D eigenvalue weighted by Crippen LogP contribution is 2.22. The van der Waals surface area contributed by atoms with Crippen LogP contribution in [0.4, 0.5) is 0 Å². The normalized spacial score (nSPS) is 13.0. The zero-order valence-electron chi connectivity index (χ0n) is 9.85.